The quantitative estimate of drug-likeness (QED) is 0.713. The third kappa shape index (κ3) is 2.98. The molecule has 0 aromatic carbocycles. The van der Waals surface area contributed by atoms with Crippen molar-refractivity contribution < 1.29 is 0 Å². The van der Waals surface area contributed by atoms with Gasteiger partial charge in [0.1, 0.15) is 0 Å². The molecular formula is C12H25N. The van der Waals surface area contributed by atoms with E-state index in [0.717, 1.165) is 11.8 Å². The molecule has 13 heavy (non-hydrogen) atoms. The minimum absolute atomic E-state index is 0.195. The molecule has 0 aromatic heterocycles. The molecule has 1 nitrogen and oxygen atoms in total. The van der Waals surface area contributed by atoms with Crippen molar-refractivity contribution in [3.05, 3.63) is 0 Å². The van der Waals surface area contributed by atoms with Gasteiger partial charge in [0.2, 0.25) is 0 Å². The van der Waals surface area contributed by atoms with E-state index in [2.05, 4.69) is 20.8 Å². The van der Waals surface area contributed by atoms with Gasteiger partial charge in [-0.3, -0.25) is 0 Å². The predicted octanol–water partition coefficient (Wildman–Crippen LogP) is 3.33. The fourth-order valence-corrected chi connectivity index (χ4v) is 2.63. The Hall–Kier alpha value is -0.0400. The standard InChI is InChI=1S/C12H25N/c1-4-7-12(13)8-5-11(6-9-12)10(2)3/h10-11H,4-9,13H2,1-3H3. The maximum absolute atomic E-state index is 6.33. The fraction of sp³-hybridized carbons (Fsp3) is 1.00. The van der Waals surface area contributed by atoms with Gasteiger partial charge in [0, 0.05) is 5.54 Å². The molecule has 0 radical (unpaired) electrons. The second-order valence-electron chi connectivity index (χ2n) is 5.19. The van der Waals surface area contributed by atoms with Gasteiger partial charge in [-0.2, -0.15) is 0 Å². The summed E-state index contributed by atoms with van der Waals surface area (Å²) in [4.78, 5) is 0. The van der Waals surface area contributed by atoms with Crippen molar-refractivity contribution in [3.63, 3.8) is 0 Å². The maximum Gasteiger partial charge on any atom is 0.0154 e. The highest BCUT2D eigenvalue weighted by molar-refractivity contribution is 4.89. The van der Waals surface area contributed by atoms with E-state index >= 15 is 0 Å². The predicted molar refractivity (Wildman–Crippen MR) is 58.6 cm³/mol. The summed E-state index contributed by atoms with van der Waals surface area (Å²) in [5.41, 5.74) is 6.53. The second-order valence-corrected chi connectivity index (χ2v) is 5.19. The van der Waals surface area contributed by atoms with Gasteiger partial charge in [0.25, 0.3) is 0 Å². The van der Waals surface area contributed by atoms with E-state index in [0.29, 0.717) is 0 Å². The Morgan fingerprint density at radius 1 is 1.31 bits per heavy atom. The molecule has 78 valence electrons. The highest BCUT2D eigenvalue weighted by Crippen LogP contribution is 2.36. The second kappa shape index (κ2) is 4.45. The molecule has 1 aliphatic carbocycles. The van der Waals surface area contributed by atoms with Gasteiger partial charge in [-0.25, -0.2) is 0 Å². The zero-order valence-electron chi connectivity index (χ0n) is 9.47. The van der Waals surface area contributed by atoms with Gasteiger partial charge in [0.15, 0.2) is 0 Å². The lowest BCUT2D eigenvalue weighted by Crippen LogP contribution is -2.43. The van der Waals surface area contributed by atoms with Gasteiger partial charge in [-0.05, 0) is 43.9 Å². The first-order valence-corrected chi connectivity index (χ1v) is 5.86. The molecule has 0 unspecified atom stereocenters. The molecule has 2 N–H and O–H groups in total. The molecule has 0 spiro atoms. The largest absolute Gasteiger partial charge is 0.325 e. The Bertz CT molecular complexity index is 143. The van der Waals surface area contributed by atoms with Crippen LogP contribution in [0.5, 0.6) is 0 Å². The van der Waals surface area contributed by atoms with Crippen molar-refractivity contribution in [1.29, 1.82) is 0 Å². The van der Waals surface area contributed by atoms with E-state index in [1.54, 1.807) is 0 Å². The summed E-state index contributed by atoms with van der Waals surface area (Å²) in [6, 6.07) is 0. The lowest BCUT2D eigenvalue weighted by molar-refractivity contribution is 0.186. The number of hydrogen-bond donors (Lipinski definition) is 1. The molecule has 1 fully saturated rings. The molecule has 1 rings (SSSR count). The van der Waals surface area contributed by atoms with Gasteiger partial charge in [-0.15, -0.1) is 0 Å². The topological polar surface area (TPSA) is 26.0 Å². The van der Waals surface area contributed by atoms with Crippen LogP contribution in [0.3, 0.4) is 0 Å². The number of rotatable bonds is 3. The first kappa shape index (κ1) is 11.0. The third-order valence-corrected chi connectivity index (χ3v) is 3.72. The molecule has 1 heteroatoms. The number of hydrogen-bond acceptors (Lipinski definition) is 1. The first-order valence-electron chi connectivity index (χ1n) is 5.86. The zero-order valence-corrected chi connectivity index (χ0v) is 9.47. The Morgan fingerprint density at radius 2 is 1.85 bits per heavy atom. The molecule has 0 heterocycles. The monoisotopic (exact) mass is 183 g/mol. The maximum atomic E-state index is 6.33. The van der Waals surface area contributed by atoms with Crippen LogP contribution in [0.15, 0.2) is 0 Å². The lowest BCUT2D eigenvalue weighted by Gasteiger charge is -2.38. The van der Waals surface area contributed by atoms with Gasteiger partial charge in [0.05, 0.1) is 0 Å². The van der Waals surface area contributed by atoms with E-state index < -0.39 is 0 Å². The van der Waals surface area contributed by atoms with Crippen LogP contribution in [-0.4, -0.2) is 5.54 Å². The van der Waals surface area contributed by atoms with Crippen molar-refractivity contribution in [1.82, 2.24) is 0 Å². The summed E-state index contributed by atoms with van der Waals surface area (Å²) in [6.45, 7) is 6.92. The summed E-state index contributed by atoms with van der Waals surface area (Å²) < 4.78 is 0. The average molecular weight is 183 g/mol. The zero-order chi connectivity index (χ0) is 9.90. The van der Waals surface area contributed by atoms with Crippen LogP contribution in [0.25, 0.3) is 0 Å². The molecule has 0 aliphatic heterocycles. The highest BCUT2D eigenvalue weighted by Gasteiger charge is 2.31. The SMILES string of the molecule is CCCC1(N)CCC(C(C)C)CC1. The van der Waals surface area contributed by atoms with Crippen LogP contribution >= 0.6 is 0 Å². The average Bonchev–Trinajstić information content (AvgIpc) is 2.05. The summed E-state index contributed by atoms with van der Waals surface area (Å²) in [5, 5.41) is 0. The van der Waals surface area contributed by atoms with Crippen LogP contribution in [0.4, 0.5) is 0 Å². The Balaban J connectivity index is 2.37. The highest BCUT2D eigenvalue weighted by atomic mass is 14.7. The van der Waals surface area contributed by atoms with E-state index in [1.165, 1.54) is 38.5 Å². The van der Waals surface area contributed by atoms with Crippen LogP contribution in [-0.2, 0) is 0 Å². The van der Waals surface area contributed by atoms with Crippen LogP contribution < -0.4 is 5.73 Å². The molecule has 0 aromatic rings. The molecule has 1 saturated carbocycles. The minimum Gasteiger partial charge on any atom is -0.325 e. The first-order chi connectivity index (χ1) is 6.07. The van der Waals surface area contributed by atoms with Crippen LogP contribution in [0.2, 0.25) is 0 Å². The molecule has 0 bridgehead atoms. The molecule has 0 amide bonds. The van der Waals surface area contributed by atoms with Gasteiger partial charge in [-0.1, -0.05) is 27.2 Å². The summed E-state index contributed by atoms with van der Waals surface area (Å²) in [6.07, 6.45) is 7.68. The molecular weight excluding hydrogens is 158 g/mol. The third-order valence-electron chi connectivity index (χ3n) is 3.72. The van der Waals surface area contributed by atoms with Crippen molar-refractivity contribution in [2.24, 2.45) is 17.6 Å². The van der Waals surface area contributed by atoms with Crippen molar-refractivity contribution in [3.8, 4) is 0 Å². The number of nitrogens with two attached hydrogens (primary N) is 1. The van der Waals surface area contributed by atoms with Crippen molar-refractivity contribution >= 4 is 0 Å². The van der Waals surface area contributed by atoms with Crippen LogP contribution in [0, 0.1) is 11.8 Å². The Morgan fingerprint density at radius 3 is 2.23 bits per heavy atom. The molecule has 0 saturated heterocycles. The van der Waals surface area contributed by atoms with E-state index in [4.69, 9.17) is 5.73 Å². The van der Waals surface area contributed by atoms with E-state index in [9.17, 15) is 0 Å². The summed E-state index contributed by atoms with van der Waals surface area (Å²) >= 11 is 0. The van der Waals surface area contributed by atoms with Gasteiger partial charge >= 0.3 is 0 Å². The molecule has 0 atom stereocenters. The lowest BCUT2D eigenvalue weighted by atomic mass is 9.72. The normalized spacial score (nSPS) is 35.3. The summed E-state index contributed by atoms with van der Waals surface area (Å²) in [5.74, 6) is 1.79. The van der Waals surface area contributed by atoms with Crippen molar-refractivity contribution in [2.45, 2.75) is 64.8 Å². The molecule has 1 aliphatic rings. The van der Waals surface area contributed by atoms with Crippen molar-refractivity contribution in [2.75, 3.05) is 0 Å². The van der Waals surface area contributed by atoms with Crippen LogP contribution in [0.1, 0.15) is 59.3 Å². The Labute approximate surface area is 83.1 Å². The minimum atomic E-state index is 0.195. The summed E-state index contributed by atoms with van der Waals surface area (Å²) in [7, 11) is 0. The smallest absolute Gasteiger partial charge is 0.0154 e. The van der Waals surface area contributed by atoms with E-state index in [1.807, 2.05) is 0 Å². The Kier molecular flexibility index (Phi) is 3.78. The fourth-order valence-electron chi connectivity index (χ4n) is 2.63. The van der Waals surface area contributed by atoms with E-state index in [-0.39, 0.29) is 5.54 Å². The van der Waals surface area contributed by atoms with Gasteiger partial charge < -0.3 is 5.73 Å².